The quantitative estimate of drug-likeness (QED) is 0.824. The molecule has 1 saturated heterocycles. The highest BCUT2D eigenvalue weighted by atomic mass is 32.2. The van der Waals surface area contributed by atoms with Gasteiger partial charge in [0.1, 0.15) is 16.4 Å². The lowest BCUT2D eigenvalue weighted by Gasteiger charge is -2.27. The summed E-state index contributed by atoms with van der Waals surface area (Å²) in [6, 6.07) is 7.96. The lowest BCUT2D eigenvalue weighted by atomic mass is 10.1. The number of methoxy groups -OCH3 is 2. The summed E-state index contributed by atoms with van der Waals surface area (Å²) >= 11 is 0. The zero-order valence-electron chi connectivity index (χ0n) is 14.8. The van der Waals surface area contributed by atoms with Crippen LogP contribution >= 0.6 is 0 Å². The topological polar surface area (TPSA) is 93.6 Å². The van der Waals surface area contributed by atoms with Crippen LogP contribution in [-0.2, 0) is 10.0 Å². The summed E-state index contributed by atoms with van der Waals surface area (Å²) in [4.78, 5) is 2.13. The molecule has 8 nitrogen and oxygen atoms in total. The average molecular weight is 378 g/mol. The van der Waals surface area contributed by atoms with Gasteiger partial charge in [-0.05, 0) is 43.5 Å². The fraction of sp³-hybridized carbons (Fsp3) is 0.412. The molecule has 0 amide bonds. The van der Waals surface area contributed by atoms with Crippen LogP contribution in [0, 0.1) is 0 Å². The Morgan fingerprint density at radius 2 is 1.77 bits per heavy atom. The SMILES string of the molecule is COc1ccc(OC)c(S(=O)(=O)Nc2ccc(N3CCCCC3)nn2)c1. The fourth-order valence-corrected chi connectivity index (χ4v) is 4.04. The van der Waals surface area contributed by atoms with Crippen LogP contribution in [0.15, 0.2) is 35.2 Å². The van der Waals surface area contributed by atoms with E-state index >= 15 is 0 Å². The van der Waals surface area contributed by atoms with Crippen LogP contribution in [0.4, 0.5) is 11.6 Å². The van der Waals surface area contributed by atoms with Gasteiger partial charge in [0.2, 0.25) is 0 Å². The standard InChI is InChI=1S/C17H22N4O4S/c1-24-13-6-7-14(25-2)15(12-13)26(22,23)20-16-8-9-17(19-18-16)21-10-4-3-5-11-21/h6-9,12H,3-5,10-11H2,1-2H3,(H,18,20). The summed E-state index contributed by atoms with van der Waals surface area (Å²) in [6.07, 6.45) is 3.49. The Hall–Kier alpha value is -2.55. The van der Waals surface area contributed by atoms with Gasteiger partial charge < -0.3 is 14.4 Å². The second kappa shape index (κ2) is 7.77. The molecule has 2 heterocycles. The van der Waals surface area contributed by atoms with E-state index in [2.05, 4.69) is 19.8 Å². The monoisotopic (exact) mass is 378 g/mol. The molecule has 0 bridgehead atoms. The third-order valence-electron chi connectivity index (χ3n) is 4.23. The van der Waals surface area contributed by atoms with E-state index in [0.717, 1.165) is 31.7 Å². The van der Waals surface area contributed by atoms with Gasteiger partial charge in [0, 0.05) is 19.2 Å². The maximum Gasteiger partial charge on any atom is 0.266 e. The van der Waals surface area contributed by atoms with Crippen molar-refractivity contribution >= 4 is 21.7 Å². The Bertz CT molecular complexity index is 850. The molecule has 140 valence electrons. The van der Waals surface area contributed by atoms with Gasteiger partial charge in [-0.15, -0.1) is 10.2 Å². The summed E-state index contributed by atoms with van der Waals surface area (Å²) < 4.78 is 38.1. The van der Waals surface area contributed by atoms with Crippen molar-refractivity contribution in [3.63, 3.8) is 0 Å². The van der Waals surface area contributed by atoms with E-state index in [1.54, 1.807) is 24.3 Å². The largest absolute Gasteiger partial charge is 0.497 e. The molecule has 2 aromatic rings. The molecule has 0 unspecified atom stereocenters. The number of aromatic nitrogens is 2. The van der Waals surface area contributed by atoms with E-state index in [0.29, 0.717) is 5.75 Å². The van der Waals surface area contributed by atoms with Gasteiger partial charge in [-0.2, -0.15) is 0 Å². The predicted octanol–water partition coefficient (Wildman–Crippen LogP) is 2.28. The molecule has 0 atom stereocenters. The van der Waals surface area contributed by atoms with Crippen molar-refractivity contribution in [1.29, 1.82) is 0 Å². The van der Waals surface area contributed by atoms with E-state index in [-0.39, 0.29) is 16.5 Å². The number of piperidine rings is 1. The number of ether oxygens (including phenoxy) is 2. The van der Waals surface area contributed by atoms with Crippen LogP contribution in [0.5, 0.6) is 11.5 Å². The van der Waals surface area contributed by atoms with Crippen molar-refractivity contribution in [2.24, 2.45) is 0 Å². The first-order chi connectivity index (χ1) is 12.5. The maximum absolute atomic E-state index is 12.7. The van der Waals surface area contributed by atoms with Gasteiger partial charge in [-0.25, -0.2) is 8.42 Å². The van der Waals surface area contributed by atoms with Gasteiger partial charge in [0.25, 0.3) is 10.0 Å². The molecule has 0 radical (unpaired) electrons. The van der Waals surface area contributed by atoms with E-state index in [9.17, 15) is 8.42 Å². The van der Waals surface area contributed by atoms with Gasteiger partial charge in [0.15, 0.2) is 11.6 Å². The lowest BCUT2D eigenvalue weighted by Crippen LogP contribution is -2.30. The average Bonchev–Trinajstić information content (AvgIpc) is 2.68. The van der Waals surface area contributed by atoms with Crippen molar-refractivity contribution < 1.29 is 17.9 Å². The molecule has 1 aromatic heterocycles. The summed E-state index contributed by atoms with van der Waals surface area (Å²) in [5, 5.41) is 8.16. The highest BCUT2D eigenvalue weighted by Gasteiger charge is 2.22. The van der Waals surface area contributed by atoms with Crippen LogP contribution in [0.2, 0.25) is 0 Å². The molecular formula is C17H22N4O4S. The van der Waals surface area contributed by atoms with Crippen molar-refractivity contribution in [3.8, 4) is 11.5 Å². The molecule has 0 aliphatic carbocycles. The zero-order valence-corrected chi connectivity index (χ0v) is 15.6. The maximum atomic E-state index is 12.7. The molecule has 1 fully saturated rings. The van der Waals surface area contributed by atoms with Crippen LogP contribution < -0.4 is 19.1 Å². The van der Waals surface area contributed by atoms with Gasteiger partial charge >= 0.3 is 0 Å². The number of anilines is 2. The minimum Gasteiger partial charge on any atom is -0.497 e. The number of hydrogen-bond acceptors (Lipinski definition) is 7. The Morgan fingerprint density at radius 1 is 1.00 bits per heavy atom. The van der Waals surface area contributed by atoms with Gasteiger partial charge in [-0.1, -0.05) is 0 Å². The Kier molecular flexibility index (Phi) is 5.46. The number of rotatable bonds is 6. The second-order valence-corrected chi connectivity index (χ2v) is 7.60. The molecule has 3 rings (SSSR count). The minimum absolute atomic E-state index is 0.0266. The highest BCUT2D eigenvalue weighted by Crippen LogP contribution is 2.29. The summed E-state index contributed by atoms with van der Waals surface area (Å²) in [7, 11) is -1.02. The number of sulfonamides is 1. The second-order valence-electron chi connectivity index (χ2n) is 5.95. The normalized spacial score (nSPS) is 14.8. The Morgan fingerprint density at radius 3 is 2.38 bits per heavy atom. The fourth-order valence-electron chi connectivity index (χ4n) is 2.86. The van der Waals surface area contributed by atoms with Gasteiger partial charge in [0.05, 0.1) is 14.2 Å². The molecule has 0 spiro atoms. The lowest BCUT2D eigenvalue weighted by molar-refractivity contribution is 0.392. The van der Waals surface area contributed by atoms with Crippen molar-refractivity contribution in [3.05, 3.63) is 30.3 Å². The summed E-state index contributed by atoms with van der Waals surface area (Å²) in [5.74, 6) is 1.54. The molecule has 1 N–H and O–H groups in total. The van der Waals surface area contributed by atoms with E-state index in [1.165, 1.54) is 26.7 Å². The number of hydrogen-bond donors (Lipinski definition) is 1. The van der Waals surface area contributed by atoms with E-state index < -0.39 is 10.0 Å². The van der Waals surface area contributed by atoms with E-state index in [1.807, 2.05) is 0 Å². The zero-order chi connectivity index (χ0) is 18.6. The molecule has 9 heteroatoms. The third kappa shape index (κ3) is 3.98. The first-order valence-electron chi connectivity index (χ1n) is 8.37. The highest BCUT2D eigenvalue weighted by molar-refractivity contribution is 7.92. The minimum atomic E-state index is -3.90. The molecule has 1 aromatic carbocycles. The summed E-state index contributed by atoms with van der Waals surface area (Å²) in [5.41, 5.74) is 0. The predicted molar refractivity (Wildman–Crippen MR) is 98.5 cm³/mol. The Labute approximate surface area is 153 Å². The molecule has 1 aliphatic rings. The van der Waals surface area contributed by atoms with Crippen molar-refractivity contribution in [2.45, 2.75) is 24.2 Å². The molecule has 1 aliphatic heterocycles. The van der Waals surface area contributed by atoms with Crippen LogP contribution in [0.1, 0.15) is 19.3 Å². The Balaban J connectivity index is 1.81. The molecule has 0 saturated carbocycles. The number of nitrogens with zero attached hydrogens (tertiary/aromatic N) is 3. The van der Waals surface area contributed by atoms with Crippen molar-refractivity contribution in [1.82, 2.24) is 10.2 Å². The smallest absolute Gasteiger partial charge is 0.266 e. The number of nitrogens with one attached hydrogen (secondary N) is 1. The molecular weight excluding hydrogens is 356 g/mol. The third-order valence-corrected chi connectivity index (χ3v) is 5.61. The molecule has 26 heavy (non-hydrogen) atoms. The summed E-state index contributed by atoms with van der Waals surface area (Å²) in [6.45, 7) is 1.89. The van der Waals surface area contributed by atoms with Gasteiger partial charge in [-0.3, -0.25) is 4.72 Å². The van der Waals surface area contributed by atoms with Crippen LogP contribution in [0.25, 0.3) is 0 Å². The van der Waals surface area contributed by atoms with E-state index in [4.69, 9.17) is 9.47 Å². The first-order valence-corrected chi connectivity index (χ1v) is 9.85. The number of benzene rings is 1. The van der Waals surface area contributed by atoms with Crippen LogP contribution in [-0.4, -0.2) is 45.9 Å². The van der Waals surface area contributed by atoms with Crippen LogP contribution in [0.3, 0.4) is 0 Å². The van der Waals surface area contributed by atoms with Crippen molar-refractivity contribution in [2.75, 3.05) is 36.9 Å². The first kappa shape index (κ1) is 18.2.